The van der Waals surface area contributed by atoms with Gasteiger partial charge < -0.3 is 15.0 Å². The van der Waals surface area contributed by atoms with Crippen LogP contribution in [0.15, 0.2) is 0 Å². The SMILES string of the molecule is COC(=O)C(=O)NCC1(N(C)C)CCCC1. The van der Waals surface area contributed by atoms with E-state index in [9.17, 15) is 9.59 Å². The predicted octanol–water partition coefficient (Wildman–Crippen LogP) is 0.150. The summed E-state index contributed by atoms with van der Waals surface area (Å²) >= 11 is 0. The highest BCUT2D eigenvalue weighted by atomic mass is 16.5. The minimum Gasteiger partial charge on any atom is -0.462 e. The van der Waals surface area contributed by atoms with Crippen LogP contribution in [0.3, 0.4) is 0 Å². The molecule has 1 rings (SSSR count). The molecule has 0 unspecified atom stereocenters. The van der Waals surface area contributed by atoms with Gasteiger partial charge in [-0.15, -0.1) is 0 Å². The monoisotopic (exact) mass is 228 g/mol. The summed E-state index contributed by atoms with van der Waals surface area (Å²) in [6.45, 7) is 0.508. The molecule has 1 aliphatic rings. The van der Waals surface area contributed by atoms with E-state index in [1.54, 1.807) is 0 Å². The fourth-order valence-electron chi connectivity index (χ4n) is 2.22. The molecule has 1 fully saturated rings. The number of rotatable bonds is 3. The molecule has 0 aromatic heterocycles. The van der Waals surface area contributed by atoms with Gasteiger partial charge in [0.15, 0.2) is 0 Å². The van der Waals surface area contributed by atoms with Crippen molar-refractivity contribution >= 4 is 11.9 Å². The lowest BCUT2D eigenvalue weighted by atomic mass is 9.96. The molecule has 92 valence electrons. The second-order valence-electron chi connectivity index (χ2n) is 4.50. The van der Waals surface area contributed by atoms with Crippen LogP contribution >= 0.6 is 0 Å². The zero-order valence-corrected chi connectivity index (χ0v) is 10.2. The number of likely N-dealkylation sites (N-methyl/N-ethyl adjacent to an activating group) is 1. The number of nitrogens with one attached hydrogen (secondary N) is 1. The summed E-state index contributed by atoms with van der Waals surface area (Å²) in [4.78, 5) is 24.4. The van der Waals surface area contributed by atoms with Crippen LogP contribution in [0.1, 0.15) is 25.7 Å². The molecule has 1 N–H and O–H groups in total. The Hall–Kier alpha value is -1.10. The molecule has 5 nitrogen and oxygen atoms in total. The third kappa shape index (κ3) is 2.72. The lowest BCUT2D eigenvalue weighted by Gasteiger charge is -2.36. The highest BCUT2D eigenvalue weighted by Gasteiger charge is 2.36. The van der Waals surface area contributed by atoms with Gasteiger partial charge in [-0.25, -0.2) is 4.79 Å². The Kier molecular flexibility index (Phi) is 4.29. The van der Waals surface area contributed by atoms with E-state index in [2.05, 4.69) is 15.0 Å². The van der Waals surface area contributed by atoms with Crippen LogP contribution < -0.4 is 5.32 Å². The topological polar surface area (TPSA) is 58.6 Å². The van der Waals surface area contributed by atoms with Gasteiger partial charge in [-0.05, 0) is 26.9 Å². The maximum atomic E-state index is 11.3. The molecule has 0 radical (unpaired) electrons. The highest BCUT2D eigenvalue weighted by molar-refractivity contribution is 6.32. The van der Waals surface area contributed by atoms with Gasteiger partial charge in [0, 0.05) is 12.1 Å². The van der Waals surface area contributed by atoms with Crippen molar-refractivity contribution in [2.45, 2.75) is 31.2 Å². The average molecular weight is 228 g/mol. The smallest absolute Gasteiger partial charge is 0.396 e. The first-order valence-corrected chi connectivity index (χ1v) is 5.55. The van der Waals surface area contributed by atoms with Crippen molar-refractivity contribution in [3.63, 3.8) is 0 Å². The summed E-state index contributed by atoms with van der Waals surface area (Å²) < 4.78 is 4.36. The van der Waals surface area contributed by atoms with Crippen molar-refractivity contribution in [3.8, 4) is 0 Å². The van der Waals surface area contributed by atoms with E-state index in [-0.39, 0.29) is 5.54 Å². The van der Waals surface area contributed by atoms with Crippen LogP contribution in [0.5, 0.6) is 0 Å². The van der Waals surface area contributed by atoms with Gasteiger partial charge in [-0.3, -0.25) is 4.79 Å². The first-order chi connectivity index (χ1) is 7.52. The molecular formula is C11H20N2O3. The lowest BCUT2D eigenvalue weighted by molar-refractivity contribution is -0.152. The van der Waals surface area contributed by atoms with Crippen LogP contribution in [0.25, 0.3) is 0 Å². The van der Waals surface area contributed by atoms with Crippen LogP contribution in [0.4, 0.5) is 0 Å². The zero-order valence-electron chi connectivity index (χ0n) is 10.2. The molecule has 0 aromatic carbocycles. The fraction of sp³-hybridized carbons (Fsp3) is 0.818. The molecule has 0 saturated heterocycles. The summed E-state index contributed by atoms with van der Waals surface area (Å²) in [6.07, 6.45) is 4.46. The Morgan fingerprint density at radius 2 is 1.88 bits per heavy atom. The van der Waals surface area contributed by atoms with Gasteiger partial charge in [0.2, 0.25) is 0 Å². The number of carbonyl (C=O) groups excluding carboxylic acids is 2. The quantitative estimate of drug-likeness (QED) is 0.552. The van der Waals surface area contributed by atoms with Gasteiger partial charge in [0.05, 0.1) is 7.11 Å². The van der Waals surface area contributed by atoms with Crippen molar-refractivity contribution in [1.82, 2.24) is 10.2 Å². The maximum absolute atomic E-state index is 11.3. The van der Waals surface area contributed by atoms with E-state index in [0.29, 0.717) is 6.54 Å². The predicted molar refractivity (Wildman–Crippen MR) is 59.9 cm³/mol. The summed E-state index contributed by atoms with van der Waals surface area (Å²) in [5.41, 5.74) is 0.00365. The molecule has 0 bridgehead atoms. The summed E-state index contributed by atoms with van der Waals surface area (Å²) in [6, 6.07) is 0. The third-order valence-electron chi connectivity index (χ3n) is 3.43. The minimum atomic E-state index is -0.827. The van der Waals surface area contributed by atoms with Gasteiger partial charge in [0.1, 0.15) is 0 Å². The standard InChI is InChI=1S/C11H20N2O3/c1-13(2)11(6-4-5-7-11)8-12-9(14)10(15)16-3/h4-8H2,1-3H3,(H,12,14). The van der Waals surface area contributed by atoms with E-state index in [4.69, 9.17) is 0 Å². The normalized spacial score (nSPS) is 18.5. The Balaban J connectivity index is 2.51. The maximum Gasteiger partial charge on any atom is 0.396 e. The van der Waals surface area contributed by atoms with Gasteiger partial charge in [-0.2, -0.15) is 0 Å². The van der Waals surface area contributed by atoms with E-state index < -0.39 is 11.9 Å². The van der Waals surface area contributed by atoms with Crippen LogP contribution in [-0.2, 0) is 14.3 Å². The number of hydrogen-bond acceptors (Lipinski definition) is 4. The summed E-state index contributed by atoms with van der Waals surface area (Å²) in [7, 11) is 5.23. The number of esters is 1. The van der Waals surface area contributed by atoms with Gasteiger partial charge in [0.25, 0.3) is 0 Å². The first-order valence-electron chi connectivity index (χ1n) is 5.55. The zero-order chi connectivity index (χ0) is 12.2. The summed E-state index contributed by atoms with van der Waals surface area (Å²) in [5, 5.41) is 2.64. The molecule has 1 saturated carbocycles. The molecule has 1 aliphatic carbocycles. The van der Waals surface area contributed by atoms with Crippen molar-refractivity contribution in [3.05, 3.63) is 0 Å². The number of methoxy groups -OCH3 is 1. The fourth-order valence-corrected chi connectivity index (χ4v) is 2.22. The summed E-state index contributed by atoms with van der Waals surface area (Å²) in [5.74, 6) is -1.48. The van der Waals surface area contributed by atoms with Gasteiger partial charge in [-0.1, -0.05) is 12.8 Å². The van der Waals surface area contributed by atoms with E-state index in [0.717, 1.165) is 12.8 Å². The molecule has 1 amide bonds. The number of ether oxygens (including phenoxy) is 1. The Morgan fingerprint density at radius 1 is 1.31 bits per heavy atom. The Labute approximate surface area is 96.1 Å². The Bertz CT molecular complexity index is 270. The van der Waals surface area contributed by atoms with Gasteiger partial charge >= 0.3 is 11.9 Å². The molecule has 16 heavy (non-hydrogen) atoms. The van der Waals surface area contributed by atoms with Crippen LogP contribution in [0.2, 0.25) is 0 Å². The molecule has 0 atom stereocenters. The van der Waals surface area contributed by atoms with E-state index >= 15 is 0 Å². The van der Waals surface area contributed by atoms with Crippen molar-refractivity contribution in [2.75, 3.05) is 27.7 Å². The third-order valence-corrected chi connectivity index (χ3v) is 3.43. The van der Waals surface area contributed by atoms with Crippen molar-refractivity contribution < 1.29 is 14.3 Å². The van der Waals surface area contributed by atoms with E-state index in [1.165, 1.54) is 20.0 Å². The second kappa shape index (κ2) is 5.30. The molecular weight excluding hydrogens is 208 g/mol. The second-order valence-corrected chi connectivity index (χ2v) is 4.50. The average Bonchev–Trinajstić information content (AvgIpc) is 2.74. The molecule has 0 aromatic rings. The minimum absolute atomic E-state index is 0.00365. The number of nitrogens with zero attached hydrogens (tertiary/aromatic N) is 1. The molecule has 0 spiro atoms. The van der Waals surface area contributed by atoms with Crippen molar-refractivity contribution in [1.29, 1.82) is 0 Å². The largest absolute Gasteiger partial charge is 0.462 e. The highest BCUT2D eigenvalue weighted by Crippen LogP contribution is 2.32. The van der Waals surface area contributed by atoms with Crippen molar-refractivity contribution in [2.24, 2.45) is 0 Å². The number of amides is 1. The number of hydrogen-bond donors (Lipinski definition) is 1. The number of carbonyl (C=O) groups is 2. The molecule has 0 aliphatic heterocycles. The lowest BCUT2D eigenvalue weighted by Crippen LogP contribution is -2.51. The van der Waals surface area contributed by atoms with Crippen LogP contribution in [-0.4, -0.2) is 50.1 Å². The van der Waals surface area contributed by atoms with E-state index in [1.807, 2.05) is 14.1 Å². The Morgan fingerprint density at radius 3 is 2.31 bits per heavy atom. The van der Waals surface area contributed by atoms with Crippen LogP contribution in [0, 0.1) is 0 Å². The molecule has 0 heterocycles. The molecule has 5 heteroatoms. The first kappa shape index (κ1) is 13.0.